The van der Waals surface area contributed by atoms with Crippen LogP contribution in [0.1, 0.15) is 50.2 Å². The second kappa shape index (κ2) is 6.20. The lowest BCUT2D eigenvalue weighted by atomic mass is 10.1. The van der Waals surface area contributed by atoms with E-state index in [4.69, 9.17) is 9.26 Å². The van der Waals surface area contributed by atoms with Crippen LogP contribution >= 0.6 is 0 Å². The zero-order chi connectivity index (χ0) is 13.9. The predicted molar refractivity (Wildman–Crippen MR) is 72.2 cm³/mol. The van der Waals surface area contributed by atoms with Crippen LogP contribution in [0.25, 0.3) is 0 Å². The Morgan fingerprint density at radius 3 is 2.90 bits per heavy atom. The summed E-state index contributed by atoms with van der Waals surface area (Å²) in [6.07, 6.45) is 4.33. The summed E-state index contributed by atoms with van der Waals surface area (Å²) in [5.74, 6) is 1.96. The third-order valence-corrected chi connectivity index (χ3v) is 4.25. The molecular formula is C14H23N3O3. The summed E-state index contributed by atoms with van der Waals surface area (Å²) in [4.78, 5) is 6.63. The zero-order valence-electron chi connectivity index (χ0n) is 12.0. The molecule has 0 radical (unpaired) electrons. The van der Waals surface area contributed by atoms with Crippen molar-refractivity contribution in [3.63, 3.8) is 0 Å². The number of aliphatic hydroxyl groups is 1. The van der Waals surface area contributed by atoms with Gasteiger partial charge in [0.2, 0.25) is 5.89 Å². The van der Waals surface area contributed by atoms with E-state index in [9.17, 15) is 5.11 Å². The van der Waals surface area contributed by atoms with Crippen LogP contribution in [-0.2, 0) is 11.3 Å². The molecule has 2 atom stereocenters. The first-order valence-electron chi connectivity index (χ1n) is 7.60. The Labute approximate surface area is 119 Å². The van der Waals surface area contributed by atoms with Crippen molar-refractivity contribution >= 4 is 0 Å². The molecule has 20 heavy (non-hydrogen) atoms. The fraction of sp³-hybridized carbons (Fsp3) is 0.857. The number of aromatic nitrogens is 2. The highest BCUT2D eigenvalue weighted by Crippen LogP contribution is 2.33. The van der Waals surface area contributed by atoms with Gasteiger partial charge in [0.1, 0.15) is 0 Å². The minimum atomic E-state index is -0.420. The van der Waals surface area contributed by atoms with Crippen molar-refractivity contribution in [2.24, 2.45) is 0 Å². The molecule has 1 saturated heterocycles. The minimum Gasteiger partial charge on any atom is -0.389 e. The van der Waals surface area contributed by atoms with Gasteiger partial charge >= 0.3 is 0 Å². The summed E-state index contributed by atoms with van der Waals surface area (Å²) in [7, 11) is 0. The van der Waals surface area contributed by atoms with E-state index in [0.717, 1.165) is 31.1 Å². The van der Waals surface area contributed by atoms with Crippen LogP contribution in [-0.4, -0.2) is 52.1 Å². The Morgan fingerprint density at radius 1 is 1.35 bits per heavy atom. The summed E-state index contributed by atoms with van der Waals surface area (Å²) in [5, 5.41) is 14.0. The van der Waals surface area contributed by atoms with Crippen LogP contribution in [0, 0.1) is 0 Å². The number of hydrogen-bond acceptors (Lipinski definition) is 6. The number of rotatable bonds is 5. The van der Waals surface area contributed by atoms with Crippen molar-refractivity contribution < 1.29 is 14.4 Å². The summed E-state index contributed by atoms with van der Waals surface area (Å²) < 4.78 is 10.9. The van der Waals surface area contributed by atoms with Gasteiger partial charge < -0.3 is 14.4 Å². The van der Waals surface area contributed by atoms with Gasteiger partial charge in [-0.2, -0.15) is 4.98 Å². The molecule has 1 aliphatic heterocycles. The SMILES string of the molecule is CCO[C@H]1CN(Cc2noc(C3CCCC3)n2)C[C@@H]1O. The maximum absolute atomic E-state index is 9.92. The molecule has 0 bridgehead atoms. The molecule has 2 aliphatic rings. The average Bonchev–Trinajstić information content (AvgIpc) is 3.12. The molecule has 1 aliphatic carbocycles. The molecule has 0 amide bonds. The summed E-state index contributed by atoms with van der Waals surface area (Å²) >= 11 is 0. The largest absolute Gasteiger partial charge is 0.389 e. The van der Waals surface area contributed by atoms with Crippen LogP contribution in [0.2, 0.25) is 0 Å². The first-order valence-corrected chi connectivity index (χ1v) is 7.60. The predicted octanol–water partition coefficient (Wildman–Crippen LogP) is 1.31. The third kappa shape index (κ3) is 3.02. The molecule has 0 aromatic carbocycles. The van der Waals surface area contributed by atoms with Gasteiger partial charge in [-0.25, -0.2) is 0 Å². The molecule has 3 rings (SSSR count). The van der Waals surface area contributed by atoms with Crippen LogP contribution in [0.4, 0.5) is 0 Å². The Balaban J connectivity index is 1.56. The van der Waals surface area contributed by atoms with E-state index in [1.165, 1.54) is 12.8 Å². The number of aliphatic hydroxyl groups excluding tert-OH is 1. The number of β-amino-alcohol motifs (C(OH)–C–C–N with tert-alkyl or cyclic N) is 1. The van der Waals surface area contributed by atoms with Crippen molar-refractivity contribution in [3.8, 4) is 0 Å². The van der Waals surface area contributed by atoms with Gasteiger partial charge in [-0.1, -0.05) is 18.0 Å². The Bertz CT molecular complexity index is 431. The van der Waals surface area contributed by atoms with Crippen LogP contribution in [0.5, 0.6) is 0 Å². The maximum atomic E-state index is 9.92. The van der Waals surface area contributed by atoms with Crippen molar-refractivity contribution in [1.82, 2.24) is 15.0 Å². The van der Waals surface area contributed by atoms with E-state index >= 15 is 0 Å². The number of likely N-dealkylation sites (tertiary alicyclic amines) is 1. The highest BCUT2D eigenvalue weighted by Gasteiger charge is 2.32. The highest BCUT2D eigenvalue weighted by atomic mass is 16.5. The molecule has 1 aromatic heterocycles. The zero-order valence-corrected chi connectivity index (χ0v) is 12.0. The Morgan fingerprint density at radius 2 is 2.15 bits per heavy atom. The van der Waals surface area contributed by atoms with E-state index in [1.807, 2.05) is 6.92 Å². The molecule has 1 N–H and O–H groups in total. The normalized spacial score (nSPS) is 28.5. The lowest BCUT2D eigenvalue weighted by Crippen LogP contribution is -2.26. The molecule has 1 aromatic rings. The number of hydrogen-bond donors (Lipinski definition) is 1. The molecule has 0 spiro atoms. The lowest BCUT2D eigenvalue weighted by Gasteiger charge is -2.13. The molecular weight excluding hydrogens is 258 g/mol. The quantitative estimate of drug-likeness (QED) is 0.877. The van der Waals surface area contributed by atoms with E-state index in [1.54, 1.807) is 0 Å². The fourth-order valence-electron chi connectivity index (χ4n) is 3.21. The Kier molecular flexibility index (Phi) is 4.33. The first kappa shape index (κ1) is 14.0. The van der Waals surface area contributed by atoms with Crippen molar-refractivity contribution in [2.45, 2.75) is 57.3 Å². The molecule has 2 fully saturated rings. The topological polar surface area (TPSA) is 71.6 Å². The molecule has 112 valence electrons. The number of ether oxygens (including phenoxy) is 1. The van der Waals surface area contributed by atoms with Crippen molar-refractivity contribution in [1.29, 1.82) is 0 Å². The molecule has 6 nitrogen and oxygen atoms in total. The van der Waals surface area contributed by atoms with Gasteiger partial charge in [-0.05, 0) is 19.8 Å². The molecule has 6 heteroatoms. The van der Waals surface area contributed by atoms with Crippen LogP contribution in [0.3, 0.4) is 0 Å². The smallest absolute Gasteiger partial charge is 0.229 e. The lowest BCUT2D eigenvalue weighted by molar-refractivity contribution is -0.00246. The van der Waals surface area contributed by atoms with Gasteiger partial charge in [-0.3, -0.25) is 4.90 Å². The Hall–Kier alpha value is -0.980. The second-order valence-electron chi connectivity index (χ2n) is 5.79. The number of nitrogens with zero attached hydrogens (tertiary/aromatic N) is 3. The van der Waals surface area contributed by atoms with Gasteiger partial charge in [0.15, 0.2) is 5.82 Å². The highest BCUT2D eigenvalue weighted by molar-refractivity contribution is 4.97. The fourth-order valence-corrected chi connectivity index (χ4v) is 3.21. The monoisotopic (exact) mass is 281 g/mol. The minimum absolute atomic E-state index is 0.0961. The van der Waals surface area contributed by atoms with E-state index < -0.39 is 6.10 Å². The van der Waals surface area contributed by atoms with Crippen LogP contribution in [0.15, 0.2) is 4.52 Å². The summed E-state index contributed by atoms with van der Waals surface area (Å²) in [5.41, 5.74) is 0. The maximum Gasteiger partial charge on any atom is 0.229 e. The molecule has 0 unspecified atom stereocenters. The van der Waals surface area contributed by atoms with E-state index in [0.29, 0.717) is 25.6 Å². The third-order valence-electron chi connectivity index (χ3n) is 4.25. The first-order chi connectivity index (χ1) is 9.76. The average molecular weight is 281 g/mol. The van der Waals surface area contributed by atoms with E-state index in [2.05, 4.69) is 15.0 Å². The molecule has 1 saturated carbocycles. The van der Waals surface area contributed by atoms with Gasteiger partial charge in [0.25, 0.3) is 0 Å². The van der Waals surface area contributed by atoms with Gasteiger partial charge in [-0.15, -0.1) is 0 Å². The summed E-state index contributed by atoms with van der Waals surface area (Å²) in [6.45, 7) is 4.53. The molecule has 2 heterocycles. The second-order valence-corrected chi connectivity index (χ2v) is 5.79. The standard InChI is InChI=1S/C14H23N3O3/c1-2-19-12-8-17(7-11(12)18)9-13-15-14(20-16-13)10-5-3-4-6-10/h10-12,18H,2-9H2,1H3/t11-,12-/m0/s1. The van der Waals surface area contributed by atoms with Gasteiger partial charge in [0, 0.05) is 25.6 Å². The van der Waals surface area contributed by atoms with E-state index in [-0.39, 0.29) is 6.10 Å². The van der Waals surface area contributed by atoms with Gasteiger partial charge in [0.05, 0.1) is 18.8 Å². The van der Waals surface area contributed by atoms with Crippen molar-refractivity contribution in [3.05, 3.63) is 11.7 Å². The van der Waals surface area contributed by atoms with Crippen LogP contribution < -0.4 is 0 Å². The van der Waals surface area contributed by atoms with Crippen molar-refractivity contribution in [2.75, 3.05) is 19.7 Å². The summed E-state index contributed by atoms with van der Waals surface area (Å²) in [6, 6.07) is 0.